The minimum atomic E-state index is -0.280. The summed E-state index contributed by atoms with van der Waals surface area (Å²) in [5.41, 5.74) is 2.60. The highest BCUT2D eigenvalue weighted by atomic mass is 19.1. The molecule has 3 rings (SSSR count). The summed E-state index contributed by atoms with van der Waals surface area (Å²) < 4.78 is 14.9. The Morgan fingerprint density at radius 3 is 2.44 bits per heavy atom. The lowest BCUT2D eigenvalue weighted by Gasteiger charge is -2.25. The lowest BCUT2D eigenvalue weighted by Crippen LogP contribution is -2.29. The zero-order valence-corrected chi connectivity index (χ0v) is 14.3. The highest BCUT2D eigenvalue weighted by Crippen LogP contribution is 2.21. The van der Waals surface area contributed by atoms with E-state index in [-0.39, 0.29) is 17.8 Å². The van der Waals surface area contributed by atoms with Gasteiger partial charge in [-0.25, -0.2) is 4.39 Å². The summed E-state index contributed by atoms with van der Waals surface area (Å²) in [6.45, 7) is 2.60. The number of halogens is 1. The molecule has 1 atom stereocenters. The molecular formula is C20H20FN3O. The van der Waals surface area contributed by atoms with E-state index < -0.39 is 0 Å². The Morgan fingerprint density at radius 2 is 1.84 bits per heavy atom. The third kappa shape index (κ3) is 3.94. The van der Waals surface area contributed by atoms with E-state index in [0.717, 1.165) is 11.1 Å². The summed E-state index contributed by atoms with van der Waals surface area (Å²) in [4.78, 5) is 14.4. The molecule has 1 aromatic heterocycles. The normalized spacial score (nSPS) is 12.0. The average Bonchev–Trinajstić information content (AvgIpc) is 3.14. The van der Waals surface area contributed by atoms with Crippen LogP contribution in [0.3, 0.4) is 0 Å². The number of hydrogen-bond donors (Lipinski definition) is 0. The molecule has 0 N–H and O–H groups in total. The van der Waals surface area contributed by atoms with Crippen LogP contribution in [0.5, 0.6) is 0 Å². The summed E-state index contributed by atoms with van der Waals surface area (Å²) in [6.07, 6.45) is 3.64. The molecule has 0 unspecified atom stereocenters. The standard InChI is InChI=1S/C20H20FN3O/c1-15(17-8-10-19(21)11-9-17)23(2)20(25)18-6-4-16(5-7-18)14-24-13-3-12-22-24/h3-13,15H,14H2,1-2H3/t15-/m1/s1. The maximum Gasteiger partial charge on any atom is 0.254 e. The second-order valence-corrected chi connectivity index (χ2v) is 6.04. The van der Waals surface area contributed by atoms with Gasteiger partial charge in [0.25, 0.3) is 5.91 Å². The van der Waals surface area contributed by atoms with Crippen molar-refractivity contribution in [1.82, 2.24) is 14.7 Å². The first-order valence-electron chi connectivity index (χ1n) is 8.13. The van der Waals surface area contributed by atoms with Crippen LogP contribution in [-0.2, 0) is 6.54 Å². The predicted molar refractivity (Wildman–Crippen MR) is 94.7 cm³/mol. The summed E-state index contributed by atoms with van der Waals surface area (Å²) in [5, 5.41) is 4.18. The molecule has 1 heterocycles. The van der Waals surface area contributed by atoms with E-state index in [0.29, 0.717) is 12.1 Å². The van der Waals surface area contributed by atoms with E-state index in [4.69, 9.17) is 0 Å². The van der Waals surface area contributed by atoms with Crippen molar-refractivity contribution in [3.05, 3.63) is 89.5 Å². The smallest absolute Gasteiger partial charge is 0.254 e. The van der Waals surface area contributed by atoms with Crippen LogP contribution in [0.15, 0.2) is 67.0 Å². The number of carbonyl (C=O) groups is 1. The first kappa shape index (κ1) is 16.9. The van der Waals surface area contributed by atoms with Crippen LogP contribution in [0.4, 0.5) is 4.39 Å². The molecular weight excluding hydrogens is 317 g/mol. The highest BCUT2D eigenvalue weighted by Gasteiger charge is 2.19. The summed E-state index contributed by atoms with van der Waals surface area (Å²) in [5.74, 6) is -0.347. The molecule has 128 valence electrons. The van der Waals surface area contributed by atoms with E-state index in [9.17, 15) is 9.18 Å². The monoisotopic (exact) mass is 337 g/mol. The number of rotatable bonds is 5. The zero-order valence-electron chi connectivity index (χ0n) is 14.3. The van der Waals surface area contributed by atoms with Crippen LogP contribution in [0.1, 0.15) is 34.5 Å². The maximum atomic E-state index is 13.1. The Kier molecular flexibility index (Phi) is 4.93. The molecule has 25 heavy (non-hydrogen) atoms. The van der Waals surface area contributed by atoms with Crippen molar-refractivity contribution < 1.29 is 9.18 Å². The van der Waals surface area contributed by atoms with Gasteiger partial charge in [-0.2, -0.15) is 5.10 Å². The topological polar surface area (TPSA) is 38.1 Å². The van der Waals surface area contributed by atoms with Crippen molar-refractivity contribution in [3.63, 3.8) is 0 Å². The zero-order chi connectivity index (χ0) is 17.8. The summed E-state index contributed by atoms with van der Waals surface area (Å²) in [7, 11) is 1.76. The van der Waals surface area contributed by atoms with Crippen molar-refractivity contribution in [3.8, 4) is 0 Å². The Hall–Kier alpha value is -2.95. The first-order valence-corrected chi connectivity index (χ1v) is 8.13. The van der Waals surface area contributed by atoms with Gasteiger partial charge < -0.3 is 4.90 Å². The first-order chi connectivity index (χ1) is 12.0. The van der Waals surface area contributed by atoms with E-state index in [1.54, 1.807) is 30.3 Å². The average molecular weight is 337 g/mol. The number of amides is 1. The SMILES string of the molecule is C[C@H](c1ccc(F)cc1)N(C)C(=O)c1ccc(Cn2cccn2)cc1. The van der Waals surface area contributed by atoms with Crippen LogP contribution in [-0.4, -0.2) is 27.6 Å². The van der Waals surface area contributed by atoms with Gasteiger partial charge in [-0.3, -0.25) is 9.48 Å². The van der Waals surface area contributed by atoms with Gasteiger partial charge in [-0.15, -0.1) is 0 Å². The molecule has 0 saturated carbocycles. The van der Waals surface area contributed by atoms with E-state index in [1.165, 1.54) is 12.1 Å². The highest BCUT2D eigenvalue weighted by molar-refractivity contribution is 5.94. The van der Waals surface area contributed by atoms with Gasteiger partial charge >= 0.3 is 0 Å². The Morgan fingerprint density at radius 1 is 1.16 bits per heavy atom. The van der Waals surface area contributed by atoms with Crippen molar-refractivity contribution in [2.75, 3.05) is 7.05 Å². The van der Waals surface area contributed by atoms with Gasteiger partial charge in [-0.1, -0.05) is 24.3 Å². The molecule has 0 bridgehead atoms. The molecule has 2 aromatic carbocycles. The van der Waals surface area contributed by atoms with E-state index in [1.807, 2.05) is 48.1 Å². The Labute approximate surface area is 146 Å². The van der Waals surface area contributed by atoms with Crippen molar-refractivity contribution in [2.24, 2.45) is 0 Å². The predicted octanol–water partition coefficient (Wildman–Crippen LogP) is 3.90. The van der Waals surface area contributed by atoms with Gasteiger partial charge in [0.2, 0.25) is 0 Å². The molecule has 4 nitrogen and oxygen atoms in total. The quantitative estimate of drug-likeness (QED) is 0.708. The number of hydrogen-bond acceptors (Lipinski definition) is 2. The molecule has 3 aromatic rings. The maximum absolute atomic E-state index is 13.1. The molecule has 0 aliphatic carbocycles. The van der Waals surface area contributed by atoms with Crippen LogP contribution >= 0.6 is 0 Å². The molecule has 0 radical (unpaired) electrons. The van der Waals surface area contributed by atoms with Crippen LogP contribution < -0.4 is 0 Å². The molecule has 0 saturated heterocycles. The van der Waals surface area contributed by atoms with Crippen molar-refractivity contribution in [2.45, 2.75) is 19.5 Å². The van der Waals surface area contributed by atoms with Gasteiger partial charge in [0.1, 0.15) is 5.82 Å². The fraction of sp³-hybridized carbons (Fsp3) is 0.200. The third-order valence-electron chi connectivity index (χ3n) is 4.36. The number of nitrogens with zero attached hydrogens (tertiary/aromatic N) is 3. The van der Waals surface area contributed by atoms with Crippen molar-refractivity contribution in [1.29, 1.82) is 0 Å². The minimum absolute atomic E-state index is 0.0672. The third-order valence-corrected chi connectivity index (χ3v) is 4.36. The second-order valence-electron chi connectivity index (χ2n) is 6.04. The van der Waals surface area contributed by atoms with E-state index >= 15 is 0 Å². The fourth-order valence-corrected chi connectivity index (χ4v) is 2.68. The van der Waals surface area contributed by atoms with Gasteiger partial charge in [0.15, 0.2) is 0 Å². The Balaban J connectivity index is 1.70. The van der Waals surface area contributed by atoms with E-state index in [2.05, 4.69) is 5.10 Å². The largest absolute Gasteiger partial charge is 0.335 e. The van der Waals surface area contributed by atoms with Gasteiger partial charge in [0.05, 0.1) is 12.6 Å². The molecule has 0 fully saturated rings. The number of benzene rings is 2. The number of carbonyl (C=O) groups excluding carboxylic acids is 1. The molecule has 1 amide bonds. The Bertz CT molecular complexity index is 826. The lowest BCUT2D eigenvalue weighted by atomic mass is 10.1. The second kappa shape index (κ2) is 7.30. The molecule has 5 heteroatoms. The number of aromatic nitrogens is 2. The van der Waals surface area contributed by atoms with Crippen LogP contribution in [0, 0.1) is 5.82 Å². The van der Waals surface area contributed by atoms with Crippen LogP contribution in [0.25, 0.3) is 0 Å². The van der Waals surface area contributed by atoms with Crippen molar-refractivity contribution >= 4 is 5.91 Å². The van der Waals surface area contributed by atoms with Crippen LogP contribution in [0.2, 0.25) is 0 Å². The summed E-state index contributed by atoms with van der Waals surface area (Å²) >= 11 is 0. The lowest BCUT2D eigenvalue weighted by molar-refractivity contribution is 0.0742. The van der Waals surface area contributed by atoms with Gasteiger partial charge in [-0.05, 0) is 48.4 Å². The summed E-state index contributed by atoms with van der Waals surface area (Å²) in [6, 6.07) is 15.5. The molecule has 0 spiro atoms. The molecule has 0 aliphatic rings. The molecule has 0 aliphatic heterocycles. The minimum Gasteiger partial charge on any atom is -0.335 e. The van der Waals surface area contributed by atoms with Gasteiger partial charge in [0, 0.05) is 25.0 Å². The fourth-order valence-electron chi connectivity index (χ4n) is 2.68.